The van der Waals surface area contributed by atoms with Crippen LogP contribution in [0.25, 0.3) is 16.6 Å². The Morgan fingerprint density at radius 2 is 2.00 bits per heavy atom. The number of halogens is 1. The second kappa shape index (κ2) is 6.57. The van der Waals surface area contributed by atoms with Crippen molar-refractivity contribution in [2.45, 2.75) is 13.1 Å². The second-order valence-electron chi connectivity index (χ2n) is 5.69. The van der Waals surface area contributed by atoms with Crippen molar-refractivity contribution in [3.63, 3.8) is 0 Å². The van der Waals surface area contributed by atoms with Crippen molar-refractivity contribution < 1.29 is 4.79 Å². The Labute approximate surface area is 152 Å². The molecular weight excluding hydrogens is 356 g/mol. The molecule has 1 N–H and O–H groups in total. The van der Waals surface area contributed by atoms with E-state index in [0.29, 0.717) is 21.6 Å². The maximum Gasteiger partial charge on any atom is 0.278 e. The highest BCUT2D eigenvalue weighted by atomic mass is 35.5. The topological polar surface area (TPSA) is 94.2 Å². The highest BCUT2D eigenvalue weighted by Crippen LogP contribution is 2.11. The highest BCUT2D eigenvalue weighted by molar-refractivity contribution is 6.30. The normalized spacial score (nSPS) is 11.1. The predicted molar refractivity (Wildman–Crippen MR) is 95.8 cm³/mol. The maximum atomic E-state index is 12.3. The van der Waals surface area contributed by atoms with E-state index in [1.54, 1.807) is 53.2 Å². The van der Waals surface area contributed by atoms with Gasteiger partial charge in [0.1, 0.15) is 17.7 Å². The summed E-state index contributed by atoms with van der Waals surface area (Å²) < 4.78 is 2.82. The van der Waals surface area contributed by atoms with Crippen LogP contribution < -0.4 is 10.9 Å². The largest absolute Gasteiger partial charge is 0.349 e. The molecule has 3 aromatic heterocycles. The molecule has 9 heteroatoms. The molecule has 0 aliphatic heterocycles. The fourth-order valence-corrected chi connectivity index (χ4v) is 2.78. The molecule has 3 heterocycles. The molecule has 0 atom stereocenters. The van der Waals surface area contributed by atoms with Crippen molar-refractivity contribution in [3.05, 3.63) is 69.9 Å². The van der Waals surface area contributed by atoms with Gasteiger partial charge in [-0.3, -0.25) is 9.59 Å². The van der Waals surface area contributed by atoms with Crippen molar-refractivity contribution >= 4 is 34.1 Å². The van der Waals surface area contributed by atoms with Crippen molar-refractivity contribution in [3.8, 4) is 0 Å². The third kappa shape index (κ3) is 3.14. The number of rotatable bonds is 4. The Hall–Kier alpha value is -3.26. The molecule has 26 heavy (non-hydrogen) atoms. The summed E-state index contributed by atoms with van der Waals surface area (Å²) in [7, 11) is 0. The molecule has 0 aliphatic rings. The molecule has 0 unspecified atom stereocenters. The van der Waals surface area contributed by atoms with Gasteiger partial charge in [-0.2, -0.15) is 0 Å². The number of carbonyl (C=O) groups excluding carboxylic acids is 1. The fraction of sp³-hybridized carbons (Fsp3) is 0.118. The van der Waals surface area contributed by atoms with Gasteiger partial charge in [-0.1, -0.05) is 28.9 Å². The fourth-order valence-electron chi connectivity index (χ4n) is 2.61. The molecule has 1 aromatic carbocycles. The van der Waals surface area contributed by atoms with Crippen LogP contribution in [-0.2, 0) is 17.9 Å². The summed E-state index contributed by atoms with van der Waals surface area (Å²) >= 11 is 5.94. The summed E-state index contributed by atoms with van der Waals surface area (Å²) in [4.78, 5) is 28.9. The lowest BCUT2D eigenvalue weighted by Crippen LogP contribution is -2.34. The van der Waals surface area contributed by atoms with E-state index in [9.17, 15) is 9.59 Å². The molecule has 0 bridgehead atoms. The number of fused-ring (bicyclic) bond motifs is 2. The molecule has 0 saturated carbocycles. The van der Waals surface area contributed by atoms with E-state index in [-0.39, 0.29) is 24.6 Å². The van der Waals surface area contributed by atoms with Gasteiger partial charge in [0.15, 0.2) is 0 Å². The van der Waals surface area contributed by atoms with E-state index in [4.69, 9.17) is 11.6 Å². The monoisotopic (exact) mass is 368 g/mol. The number of nitrogens with zero attached hydrogens (tertiary/aromatic N) is 5. The van der Waals surface area contributed by atoms with Gasteiger partial charge in [-0.15, -0.1) is 5.10 Å². The molecule has 1 amide bonds. The zero-order valence-corrected chi connectivity index (χ0v) is 14.2. The first-order chi connectivity index (χ1) is 12.6. The first-order valence-electron chi connectivity index (χ1n) is 7.82. The second-order valence-corrected chi connectivity index (χ2v) is 6.13. The number of pyridine rings is 1. The highest BCUT2D eigenvalue weighted by Gasteiger charge is 2.10. The predicted octanol–water partition coefficient (Wildman–Crippen LogP) is 1.41. The molecular formula is C17H13ClN6O2. The van der Waals surface area contributed by atoms with E-state index in [1.807, 2.05) is 0 Å². The van der Waals surface area contributed by atoms with Gasteiger partial charge in [0, 0.05) is 12.4 Å². The number of hydrogen-bond donors (Lipinski definition) is 1. The van der Waals surface area contributed by atoms with Crippen molar-refractivity contribution in [1.82, 2.24) is 29.7 Å². The first-order valence-corrected chi connectivity index (χ1v) is 8.20. The summed E-state index contributed by atoms with van der Waals surface area (Å²) in [5.74, 6) is -0.355. The van der Waals surface area contributed by atoms with Crippen LogP contribution in [0.1, 0.15) is 5.69 Å². The lowest BCUT2D eigenvalue weighted by atomic mass is 10.2. The number of imidazole rings is 1. The Balaban J connectivity index is 1.47. The van der Waals surface area contributed by atoms with Crippen molar-refractivity contribution in [2.24, 2.45) is 0 Å². The molecule has 0 aliphatic carbocycles. The minimum Gasteiger partial charge on any atom is -0.349 e. The SMILES string of the molecule is O=C(Cn1nnc2ccccc2c1=O)NCc1cn2cc(Cl)ccc2n1. The first kappa shape index (κ1) is 16.2. The third-order valence-electron chi connectivity index (χ3n) is 3.85. The Bertz CT molecular complexity index is 1180. The summed E-state index contributed by atoms with van der Waals surface area (Å²) in [6, 6.07) is 10.4. The van der Waals surface area contributed by atoms with Gasteiger partial charge in [0.25, 0.3) is 5.56 Å². The number of hydrogen-bond acceptors (Lipinski definition) is 5. The molecule has 0 radical (unpaired) electrons. The third-order valence-corrected chi connectivity index (χ3v) is 4.08. The standard InChI is InChI=1S/C17H13ClN6O2/c18-11-5-6-15-20-12(9-23(15)8-11)7-19-16(25)10-24-17(26)13-3-1-2-4-14(13)21-22-24/h1-6,8-9H,7,10H2,(H,19,25). The van der Waals surface area contributed by atoms with Crippen LogP contribution in [0, 0.1) is 0 Å². The van der Waals surface area contributed by atoms with Crippen LogP contribution in [-0.4, -0.2) is 30.3 Å². The summed E-state index contributed by atoms with van der Waals surface area (Å²) in [6.07, 6.45) is 3.52. The van der Waals surface area contributed by atoms with Crippen LogP contribution >= 0.6 is 11.6 Å². The van der Waals surface area contributed by atoms with Gasteiger partial charge in [-0.25, -0.2) is 9.67 Å². The van der Waals surface area contributed by atoms with Gasteiger partial charge in [-0.05, 0) is 24.3 Å². The molecule has 4 aromatic rings. The van der Waals surface area contributed by atoms with Crippen LogP contribution in [0.3, 0.4) is 0 Å². The molecule has 130 valence electrons. The van der Waals surface area contributed by atoms with E-state index in [2.05, 4.69) is 20.6 Å². The van der Waals surface area contributed by atoms with E-state index >= 15 is 0 Å². The van der Waals surface area contributed by atoms with Gasteiger partial charge in [0.2, 0.25) is 5.91 Å². The van der Waals surface area contributed by atoms with Gasteiger partial charge < -0.3 is 9.72 Å². The number of benzene rings is 1. The average Bonchev–Trinajstić information content (AvgIpc) is 3.04. The summed E-state index contributed by atoms with van der Waals surface area (Å²) in [5, 5.41) is 11.5. The quantitative estimate of drug-likeness (QED) is 0.587. The minimum atomic E-state index is -0.355. The number of nitrogens with one attached hydrogen (secondary N) is 1. The van der Waals surface area contributed by atoms with Crippen molar-refractivity contribution in [1.29, 1.82) is 0 Å². The number of amides is 1. The Kier molecular flexibility index (Phi) is 4.10. The van der Waals surface area contributed by atoms with E-state index in [0.717, 1.165) is 10.3 Å². The summed E-state index contributed by atoms with van der Waals surface area (Å²) in [5.41, 5.74) is 1.55. The zero-order chi connectivity index (χ0) is 18.1. The minimum absolute atomic E-state index is 0.212. The Morgan fingerprint density at radius 3 is 2.88 bits per heavy atom. The smallest absolute Gasteiger partial charge is 0.278 e. The molecule has 4 rings (SSSR count). The van der Waals surface area contributed by atoms with E-state index in [1.165, 1.54) is 0 Å². The summed E-state index contributed by atoms with van der Waals surface area (Å²) in [6.45, 7) is 0.0176. The van der Waals surface area contributed by atoms with Crippen LogP contribution in [0.15, 0.2) is 53.6 Å². The van der Waals surface area contributed by atoms with Gasteiger partial charge >= 0.3 is 0 Å². The molecule has 0 spiro atoms. The lowest BCUT2D eigenvalue weighted by molar-refractivity contribution is -0.122. The van der Waals surface area contributed by atoms with Crippen LogP contribution in [0.2, 0.25) is 5.02 Å². The molecule has 8 nitrogen and oxygen atoms in total. The Morgan fingerprint density at radius 1 is 1.15 bits per heavy atom. The molecule has 0 saturated heterocycles. The maximum absolute atomic E-state index is 12.3. The average molecular weight is 369 g/mol. The zero-order valence-electron chi connectivity index (χ0n) is 13.5. The van der Waals surface area contributed by atoms with Crippen molar-refractivity contribution in [2.75, 3.05) is 0 Å². The van der Waals surface area contributed by atoms with Gasteiger partial charge in [0.05, 0.1) is 22.6 Å². The molecule has 0 fully saturated rings. The number of aromatic nitrogens is 5. The van der Waals surface area contributed by atoms with Crippen LogP contribution in [0.5, 0.6) is 0 Å². The van der Waals surface area contributed by atoms with E-state index < -0.39 is 0 Å². The number of carbonyl (C=O) groups is 1. The lowest BCUT2D eigenvalue weighted by Gasteiger charge is -2.05. The van der Waals surface area contributed by atoms with Crippen LogP contribution in [0.4, 0.5) is 0 Å².